The molecule has 1 fully saturated rings. The summed E-state index contributed by atoms with van der Waals surface area (Å²) in [6, 6.07) is 9.51. The average molecular weight is 518 g/mol. The van der Waals surface area contributed by atoms with Gasteiger partial charge >= 0.3 is 0 Å². The van der Waals surface area contributed by atoms with Crippen molar-refractivity contribution in [1.82, 2.24) is 14.9 Å². The van der Waals surface area contributed by atoms with Crippen molar-refractivity contribution >= 4 is 34.3 Å². The Balaban J connectivity index is 1.30. The van der Waals surface area contributed by atoms with Gasteiger partial charge in [0.05, 0.1) is 17.6 Å². The van der Waals surface area contributed by atoms with E-state index < -0.39 is 6.17 Å². The van der Waals surface area contributed by atoms with Crippen molar-refractivity contribution in [2.45, 2.75) is 43.2 Å². The van der Waals surface area contributed by atoms with Gasteiger partial charge in [0, 0.05) is 41.0 Å². The molecule has 188 valence electrons. The van der Waals surface area contributed by atoms with Gasteiger partial charge in [-0.3, -0.25) is 9.97 Å². The molecule has 5 nitrogen and oxygen atoms in total. The van der Waals surface area contributed by atoms with E-state index in [4.69, 9.17) is 16.3 Å². The molecule has 2 aromatic heterocycles. The van der Waals surface area contributed by atoms with E-state index in [9.17, 15) is 5.11 Å². The molecule has 0 radical (unpaired) electrons. The second-order valence-corrected chi connectivity index (χ2v) is 10.9. The van der Waals surface area contributed by atoms with Crippen LogP contribution in [0.25, 0.3) is 10.9 Å². The number of pyridine rings is 2. The number of halogens is 2. The van der Waals surface area contributed by atoms with Gasteiger partial charge in [-0.2, -0.15) is 0 Å². The molecule has 0 spiro atoms. The van der Waals surface area contributed by atoms with E-state index in [1.165, 1.54) is 11.1 Å². The van der Waals surface area contributed by atoms with E-state index in [2.05, 4.69) is 14.9 Å². The van der Waals surface area contributed by atoms with Crippen molar-refractivity contribution in [3.8, 4) is 5.75 Å². The van der Waals surface area contributed by atoms with Crippen LogP contribution in [0.5, 0.6) is 5.75 Å². The number of aliphatic hydroxyl groups is 1. The lowest BCUT2D eigenvalue weighted by Crippen LogP contribution is -2.42. The SMILES string of the molecule is COc1ccc2ncc(Cl)c([C@H](F)CCC3(CO)CCN(CCCSc4ccncc4)CC3)c2c1. The summed E-state index contributed by atoms with van der Waals surface area (Å²) >= 11 is 8.25. The third-order valence-electron chi connectivity index (χ3n) is 7.10. The van der Waals surface area contributed by atoms with Gasteiger partial charge in [0.25, 0.3) is 0 Å². The number of rotatable bonds is 11. The molecule has 3 aromatic rings. The van der Waals surface area contributed by atoms with Crippen LogP contribution in [0, 0.1) is 5.41 Å². The molecular weight excluding hydrogens is 485 g/mol. The fourth-order valence-corrected chi connectivity index (χ4v) is 5.93. The van der Waals surface area contributed by atoms with E-state index in [-0.39, 0.29) is 12.0 Å². The van der Waals surface area contributed by atoms with E-state index in [1.807, 2.05) is 48.4 Å². The molecule has 0 amide bonds. The first kappa shape index (κ1) is 26.1. The first-order valence-electron chi connectivity index (χ1n) is 12.2. The minimum Gasteiger partial charge on any atom is -0.497 e. The number of likely N-dealkylation sites (tertiary alicyclic amines) is 1. The van der Waals surface area contributed by atoms with Crippen molar-refractivity contribution in [1.29, 1.82) is 0 Å². The van der Waals surface area contributed by atoms with E-state index in [1.54, 1.807) is 13.2 Å². The summed E-state index contributed by atoms with van der Waals surface area (Å²) in [5.41, 5.74) is 0.924. The van der Waals surface area contributed by atoms with Gasteiger partial charge in [-0.1, -0.05) is 11.6 Å². The maximum Gasteiger partial charge on any atom is 0.127 e. The second kappa shape index (κ2) is 12.3. The molecular formula is C27H33ClFN3O2S. The van der Waals surface area contributed by atoms with Crippen molar-refractivity contribution in [2.75, 3.05) is 39.1 Å². The van der Waals surface area contributed by atoms with Gasteiger partial charge in [-0.15, -0.1) is 11.8 Å². The number of hydrogen-bond donors (Lipinski definition) is 1. The molecule has 35 heavy (non-hydrogen) atoms. The molecule has 8 heteroatoms. The highest BCUT2D eigenvalue weighted by atomic mass is 35.5. The lowest BCUT2D eigenvalue weighted by molar-refractivity contribution is 0.0304. The van der Waals surface area contributed by atoms with Crippen LogP contribution >= 0.6 is 23.4 Å². The number of nitrogens with zero attached hydrogens (tertiary/aromatic N) is 3. The summed E-state index contributed by atoms with van der Waals surface area (Å²) in [7, 11) is 1.59. The second-order valence-electron chi connectivity index (χ2n) is 9.29. The third kappa shape index (κ3) is 6.64. The van der Waals surface area contributed by atoms with Crippen LogP contribution in [0.3, 0.4) is 0 Å². The minimum atomic E-state index is -1.23. The van der Waals surface area contributed by atoms with E-state index in [0.717, 1.165) is 44.6 Å². The van der Waals surface area contributed by atoms with Crippen LogP contribution in [-0.2, 0) is 0 Å². The maximum absolute atomic E-state index is 15.6. The molecule has 1 N–H and O–H groups in total. The number of ether oxygens (including phenoxy) is 1. The van der Waals surface area contributed by atoms with Crippen LogP contribution in [0.2, 0.25) is 5.02 Å². The zero-order valence-corrected chi connectivity index (χ0v) is 21.7. The topological polar surface area (TPSA) is 58.5 Å². The molecule has 1 aliphatic heterocycles. The number of fused-ring (bicyclic) bond motifs is 1. The summed E-state index contributed by atoms with van der Waals surface area (Å²) in [5, 5.41) is 11.3. The Hall–Kier alpha value is -1.93. The average Bonchev–Trinajstić information content (AvgIpc) is 2.90. The van der Waals surface area contributed by atoms with Gasteiger partial charge in [-0.25, -0.2) is 4.39 Å². The summed E-state index contributed by atoms with van der Waals surface area (Å²) in [5.74, 6) is 1.72. The van der Waals surface area contributed by atoms with Crippen molar-refractivity contribution < 1.29 is 14.2 Å². The summed E-state index contributed by atoms with van der Waals surface area (Å²) in [6.07, 6.45) is 7.76. The Morgan fingerprint density at radius 3 is 2.71 bits per heavy atom. The van der Waals surface area contributed by atoms with Crippen LogP contribution in [0.1, 0.15) is 43.8 Å². The smallest absolute Gasteiger partial charge is 0.127 e. The molecule has 1 atom stereocenters. The highest BCUT2D eigenvalue weighted by Crippen LogP contribution is 2.42. The Labute approximate surface area is 216 Å². The monoisotopic (exact) mass is 517 g/mol. The summed E-state index contributed by atoms with van der Waals surface area (Å²) < 4.78 is 20.9. The number of aromatic nitrogens is 2. The number of aliphatic hydroxyl groups excluding tert-OH is 1. The fourth-order valence-electron chi connectivity index (χ4n) is 4.84. The van der Waals surface area contributed by atoms with Crippen LogP contribution in [0.15, 0.2) is 53.8 Å². The van der Waals surface area contributed by atoms with Gasteiger partial charge < -0.3 is 14.7 Å². The molecule has 4 rings (SSSR count). The number of piperidine rings is 1. The highest BCUT2D eigenvalue weighted by Gasteiger charge is 2.35. The molecule has 0 saturated carbocycles. The first-order chi connectivity index (χ1) is 17.0. The Bertz CT molecular complexity index is 1100. The van der Waals surface area contributed by atoms with E-state index in [0.29, 0.717) is 40.1 Å². The first-order valence-corrected chi connectivity index (χ1v) is 13.5. The lowest BCUT2D eigenvalue weighted by atomic mass is 9.74. The predicted octanol–water partition coefficient (Wildman–Crippen LogP) is 6.34. The standard InChI is InChI=1S/C27H33ClFN3O2S/c1-34-20-3-4-25-22(17-20)26(23(28)18-31-25)24(29)5-8-27(19-33)9-14-32(15-10-27)13-2-16-35-21-6-11-30-12-7-21/h3-4,6-7,11-12,17-18,24,33H,2,5,8-10,13-16,19H2,1H3/t24-/m1/s1. The molecule has 1 saturated heterocycles. The van der Waals surface area contributed by atoms with Crippen molar-refractivity contribution in [2.24, 2.45) is 5.41 Å². The Morgan fingerprint density at radius 2 is 2.00 bits per heavy atom. The number of methoxy groups -OCH3 is 1. The van der Waals surface area contributed by atoms with Gasteiger partial charge in [0.2, 0.25) is 0 Å². The van der Waals surface area contributed by atoms with Crippen molar-refractivity contribution in [3.05, 3.63) is 59.5 Å². The van der Waals surface area contributed by atoms with Crippen LogP contribution in [0.4, 0.5) is 4.39 Å². The van der Waals surface area contributed by atoms with Gasteiger partial charge in [0.1, 0.15) is 11.9 Å². The molecule has 0 bridgehead atoms. The molecule has 1 aromatic carbocycles. The van der Waals surface area contributed by atoms with Gasteiger partial charge in [0.15, 0.2) is 0 Å². The van der Waals surface area contributed by atoms with E-state index >= 15 is 4.39 Å². The quantitative estimate of drug-likeness (QED) is 0.236. The highest BCUT2D eigenvalue weighted by molar-refractivity contribution is 7.99. The molecule has 0 aliphatic carbocycles. The van der Waals surface area contributed by atoms with Crippen LogP contribution < -0.4 is 4.74 Å². The normalized spacial score (nSPS) is 16.9. The largest absolute Gasteiger partial charge is 0.497 e. The van der Waals surface area contributed by atoms with Crippen molar-refractivity contribution in [3.63, 3.8) is 0 Å². The number of hydrogen-bond acceptors (Lipinski definition) is 6. The zero-order chi connectivity index (χ0) is 24.7. The predicted molar refractivity (Wildman–Crippen MR) is 141 cm³/mol. The third-order valence-corrected chi connectivity index (χ3v) is 8.50. The molecule has 1 aliphatic rings. The Morgan fingerprint density at radius 1 is 1.23 bits per heavy atom. The van der Waals surface area contributed by atoms with Gasteiger partial charge in [-0.05, 0) is 93.2 Å². The zero-order valence-electron chi connectivity index (χ0n) is 20.1. The number of thioether (sulfide) groups is 1. The number of alkyl halides is 1. The summed E-state index contributed by atoms with van der Waals surface area (Å²) in [4.78, 5) is 12.1. The summed E-state index contributed by atoms with van der Waals surface area (Å²) in [6.45, 7) is 3.01. The maximum atomic E-state index is 15.6. The Kier molecular flexibility index (Phi) is 9.22. The fraction of sp³-hybridized carbons (Fsp3) is 0.481. The minimum absolute atomic E-state index is 0.0874. The lowest BCUT2D eigenvalue weighted by Gasteiger charge is -2.41. The van der Waals surface area contributed by atoms with Crippen LogP contribution in [-0.4, -0.2) is 59.1 Å². The number of benzene rings is 1. The molecule has 3 heterocycles. The molecule has 0 unspecified atom stereocenters.